The highest BCUT2D eigenvalue weighted by Crippen LogP contribution is 2.30. The summed E-state index contributed by atoms with van der Waals surface area (Å²) in [5.74, 6) is 0.496. The number of hydrogen-bond donors (Lipinski definition) is 2. The van der Waals surface area contributed by atoms with Crippen LogP contribution in [0.2, 0.25) is 0 Å². The second-order valence-corrected chi connectivity index (χ2v) is 6.13. The van der Waals surface area contributed by atoms with Crippen LogP contribution in [0.4, 0.5) is 0 Å². The highest BCUT2D eigenvalue weighted by Gasteiger charge is 2.20. The van der Waals surface area contributed by atoms with Gasteiger partial charge in [-0.2, -0.15) is 0 Å². The lowest BCUT2D eigenvalue weighted by Gasteiger charge is -2.20. The van der Waals surface area contributed by atoms with Crippen LogP contribution < -0.4 is 10.2 Å². The molecule has 2 N–H and O–H groups in total. The zero-order chi connectivity index (χ0) is 15.6. The zero-order valence-electron chi connectivity index (χ0n) is 12.9. The summed E-state index contributed by atoms with van der Waals surface area (Å²) in [5.41, 5.74) is 3.57. The molecule has 110 valence electrons. The van der Waals surface area contributed by atoms with Crippen LogP contribution in [0.3, 0.4) is 0 Å². The fourth-order valence-corrected chi connectivity index (χ4v) is 2.36. The average molecular weight is 284 g/mol. The van der Waals surface area contributed by atoms with Gasteiger partial charge in [-0.3, -0.25) is 0 Å². The minimum absolute atomic E-state index is 0.103. The van der Waals surface area contributed by atoms with Gasteiger partial charge in [0.05, 0.1) is 7.11 Å². The number of para-hydroxylation sites is 1. The Morgan fingerprint density at radius 1 is 0.952 bits per heavy atom. The van der Waals surface area contributed by atoms with Gasteiger partial charge in [0, 0.05) is 11.0 Å². The first-order chi connectivity index (χ1) is 9.84. The Balaban J connectivity index is 2.49. The van der Waals surface area contributed by atoms with Crippen LogP contribution in [0, 0.1) is 0 Å². The van der Waals surface area contributed by atoms with E-state index < -0.39 is 7.12 Å². The molecular weight excluding hydrogens is 263 g/mol. The first-order valence-electron chi connectivity index (χ1n) is 6.98. The Kier molecular flexibility index (Phi) is 4.40. The molecule has 2 aromatic rings. The maximum absolute atomic E-state index is 9.43. The molecule has 0 heterocycles. The van der Waals surface area contributed by atoms with E-state index in [1.54, 1.807) is 12.1 Å². The molecule has 21 heavy (non-hydrogen) atoms. The van der Waals surface area contributed by atoms with Gasteiger partial charge in [0.25, 0.3) is 0 Å². The summed E-state index contributed by atoms with van der Waals surface area (Å²) < 4.78 is 5.37. The number of ether oxygens (including phenoxy) is 1. The predicted molar refractivity (Wildman–Crippen MR) is 87.0 cm³/mol. The van der Waals surface area contributed by atoms with Crippen molar-refractivity contribution in [3.05, 3.63) is 48.0 Å². The topological polar surface area (TPSA) is 49.7 Å². The third-order valence-electron chi connectivity index (χ3n) is 3.59. The molecule has 0 aromatic heterocycles. The summed E-state index contributed by atoms with van der Waals surface area (Å²) in [6.45, 7) is 6.52. The van der Waals surface area contributed by atoms with Gasteiger partial charge in [0.15, 0.2) is 0 Å². The van der Waals surface area contributed by atoms with E-state index in [1.165, 1.54) is 12.7 Å². The van der Waals surface area contributed by atoms with Crippen LogP contribution in [0.15, 0.2) is 42.5 Å². The molecule has 0 fully saturated rings. The molecule has 0 spiro atoms. The molecule has 2 aromatic carbocycles. The van der Waals surface area contributed by atoms with Gasteiger partial charge >= 0.3 is 7.12 Å². The average Bonchev–Trinajstić information content (AvgIpc) is 2.45. The molecule has 2 rings (SSSR count). The van der Waals surface area contributed by atoms with E-state index in [1.807, 2.05) is 18.2 Å². The van der Waals surface area contributed by atoms with E-state index >= 15 is 0 Å². The van der Waals surface area contributed by atoms with Gasteiger partial charge in [-0.25, -0.2) is 0 Å². The van der Waals surface area contributed by atoms with Crippen molar-refractivity contribution in [2.24, 2.45) is 0 Å². The highest BCUT2D eigenvalue weighted by molar-refractivity contribution is 6.60. The van der Waals surface area contributed by atoms with Gasteiger partial charge in [-0.15, -0.1) is 0 Å². The Morgan fingerprint density at radius 2 is 1.57 bits per heavy atom. The maximum atomic E-state index is 9.43. The van der Waals surface area contributed by atoms with Crippen molar-refractivity contribution in [1.82, 2.24) is 0 Å². The second kappa shape index (κ2) is 5.92. The minimum atomic E-state index is -1.55. The third-order valence-corrected chi connectivity index (χ3v) is 3.59. The van der Waals surface area contributed by atoms with Crippen LogP contribution in [0.25, 0.3) is 11.1 Å². The quantitative estimate of drug-likeness (QED) is 0.851. The smallest absolute Gasteiger partial charge is 0.492 e. The number of benzene rings is 2. The highest BCUT2D eigenvalue weighted by atomic mass is 16.5. The zero-order valence-corrected chi connectivity index (χ0v) is 12.9. The van der Waals surface area contributed by atoms with Crippen LogP contribution in [-0.4, -0.2) is 24.3 Å². The first kappa shape index (κ1) is 15.6. The fraction of sp³-hybridized carbons (Fsp3) is 0.294. The predicted octanol–water partition coefficient (Wildman–Crippen LogP) is 2.34. The van der Waals surface area contributed by atoms with E-state index in [0.29, 0.717) is 11.2 Å². The molecule has 0 radical (unpaired) electrons. The largest absolute Gasteiger partial charge is 0.496 e. The van der Waals surface area contributed by atoms with Gasteiger partial charge in [-0.05, 0) is 16.5 Å². The van der Waals surface area contributed by atoms with Crippen molar-refractivity contribution in [1.29, 1.82) is 0 Å². The molecule has 0 unspecified atom stereocenters. The number of hydrogen-bond acceptors (Lipinski definition) is 3. The molecule has 4 heteroatoms. The first-order valence-corrected chi connectivity index (χ1v) is 6.98. The van der Waals surface area contributed by atoms with Crippen molar-refractivity contribution >= 4 is 12.6 Å². The molecule has 0 bridgehead atoms. The van der Waals surface area contributed by atoms with Crippen LogP contribution in [-0.2, 0) is 5.41 Å². The maximum Gasteiger partial charge on any atom is 0.492 e. The van der Waals surface area contributed by atoms with E-state index in [2.05, 4.69) is 32.9 Å². The summed E-state index contributed by atoms with van der Waals surface area (Å²) in [6.07, 6.45) is 0. The molecule has 0 aliphatic carbocycles. The fourth-order valence-electron chi connectivity index (χ4n) is 2.36. The normalized spacial score (nSPS) is 11.3. The lowest BCUT2D eigenvalue weighted by molar-refractivity contribution is 0.404. The standard InChI is InChI=1S/C17H21BO3/c1-17(2,3)13-10-8-12(9-11-13)14-6-5-7-15(18(19)20)16(14)21-4/h5-11,19-20H,1-4H3. The summed E-state index contributed by atoms with van der Waals surface area (Å²) >= 11 is 0. The molecule has 0 saturated carbocycles. The summed E-state index contributed by atoms with van der Waals surface area (Å²) in [6, 6.07) is 13.6. The van der Waals surface area contributed by atoms with Gasteiger partial charge < -0.3 is 14.8 Å². The van der Waals surface area contributed by atoms with Gasteiger partial charge in [0.1, 0.15) is 5.75 Å². The molecule has 0 saturated heterocycles. The van der Waals surface area contributed by atoms with Gasteiger partial charge in [0.2, 0.25) is 0 Å². The third kappa shape index (κ3) is 3.28. The second-order valence-electron chi connectivity index (χ2n) is 6.13. The van der Waals surface area contributed by atoms with Crippen molar-refractivity contribution in [2.75, 3.05) is 7.11 Å². The van der Waals surface area contributed by atoms with Crippen molar-refractivity contribution in [3.8, 4) is 16.9 Å². The molecule has 0 aliphatic heterocycles. The number of methoxy groups -OCH3 is 1. The Morgan fingerprint density at radius 3 is 2.05 bits per heavy atom. The SMILES string of the molecule is COc1c(B(O)O)cccc1-c1ccc(C(C)(C)C)cc1. The van der Waals surface area contributed by atoms with Crippen molar-refractivity contribution in [2.45, 2.75) is 26.2 Å². The van der Waals surface area contributed by atoms with E-state index in [0.717, 1.165) is 11.1 Å². The molecule has 3 nitrogen and oxygen atoms in total. The summed E-state index contributed by atoms with van der Waals surface area (Å²) in [4.78, 5) is 0. The van der Waals surface area contributed by atoms with Gasteiger partial charge in [-0.1, -0.05) is 63.2 Å². The van der Waals surface area contributed by atoms with Crippen molar-refractivity contribution < 1.29 is 14.8 Å². The lowest BCUT2D eigenvalue weighted by Crippen LogP contribution is -2.31. The van der Waals surface area contributed by atoms with Crippen molar-refractivity contribution in [3.63, 3.8) is 0 Å². The monoisotopic (exact) mass is 284 g/mol. The van der Waals surface area contributed by atoms with Crippen LogP contribution in [0.1, 0.15) is 26.3 Å². The molecule has 0 atom stereocenters. The molecule has 0 aliphatic rings. The Bertz CT molecular complexity index is 613. The van der Waals surface area contributed by atoms with E-state index in [4.69, 9.17) is 4.74 Å². The molecular formula is C17H21BO3. The van der Waals surface area contributed by atoms with Crippen LogP contribution >= 0.6 is 0 Å². The minimum Gasteiger partial charge on any atom is -0.496 e. The van der Waals surface area contributed by atoms with Crippen LogP contribution in [0.5, 0.6) is 5.75 Å². The summed E-state index contributed by atoms with van der Waals surface area (Å²) in [7, 11) is -0.0115. The summed E-state index contributed by atoms with van der Waals surface area (Å²) in [5, 5.41) is 18.9. The van der Waals surface area contributed by atoms with E-state index in [9.17, 15) is 10.0 Å². The Labute approximate surface area is 126 Å². The lowest BCUT2D eigenvalue weighted by atomic mass is 9.77. The number of rotatable bonds is 3. The molecule has 0 amide bonds. The Hall–Kier alpha value is -1.78. The van der Waals surface area contributed by atoms with E-state index in [-0.39, 0.29) is 5.41 Å².